The van der Waals surface area contributed by atoms with Crippen molar-refractivity contribution >= 4 is 26.8 Å². The van der Waals surface area contributed by atoms with Gasteiger partial charge >= 0.3 is 6.18 Å². The molecular weight excluding hydrogens is 397 g/mol. The minimum absolute atomic E-state index is 0.00502. The molecule has 1 N–H and O–H groups in total. The first kappa shape index (κ1) is 18.9. The molecule has 2 fully saturated rings. The predicted octanol–water partition coefficient (Wildman–Crippen LogP) is 2.39. The second kappa shape index (κ2) is 6.02. The molecule has 1 aromatic heterocycles. The topological polar surface area (TPSA) is 107 Å². The van der Waals surface area contributed by atoms with E-state index >= 15 is 0 Å². The maximum absolute atomic E-state index is 13.7. The highest BCUT2D eigenvalue weighted by atomic mass is 32.2. The van der Waals surface area contributed by atoms with Gasteiger partial charge in [-0.1, -0.05) is 0 Å². The Morgan fingerprint density at radius 1 is 1.29 bits per heavy atom. The fraction of sp³-hybridized carbons (Fsp3) is 0.471. The molecule has 0 radical (unpaired) electrons. The van der Waals surface area contributed by atoms with Crippen molar-refractivity contribution in [1.82, 2.24) is 9.97 Å². The van der Waals surface area contributed by atoms with Gasteiger partial charge < -0.3 is 4.90 Å². The molecular formula is C17H15F3N4O3S. The number of nitriles is 1. The van der Waals surface area contributed by atoms with Crippen LogP contribution in [0.3, 0.4) is 0 Å². The van der Waals surface area contributed by atoms with Crippen LogP contribution in [0.15, 0.2) is 24.5 Å². The van der Waals surface area contributed by atoms with E-state index in [0.29, 0.717) is 16.7 Å². The summed E-state index contributed by atoms with van der Waals surface area (Å²) in [5.74, 6) is -3.15. The molecule has 2 aliphatic rings. The molecule has 1 saturated carbocycles. The van der Waals surface area contributed by atoms with Gasteiger partial charge in [0.05, 0.1) is 22.9 Å². The van der Waals surface area contributed by atoms with E-state index in [4.69, 9.17) is 4.55 Å². The van der Waals surface area contributed by atoms with E-state index in [9.17, 15) is 26.9 Å². The lowest BCUT2D eigenvalue weighted by molar-refractivity contribution is -0.183. The molecule has 1 aromatic carbocycles. The summed E-state index contributed by atoms with van der Waals surface area (Å²) in [7, 11) is -4.36. The Hall–Kier alpha value is -2.45. The van der Waals surface area contributed by atoms with Crippen molar-refractivity contribution in [2.75, 3.05) is 23.7 Å². The molecule has 1 aliphatic carbocycles. The molecule has 2 heterocycles. The first-order valence-corrected chi connectivity index (χ1v) is 10.1. The Balaban J connectivity index is 1.74. The molecule has 148 valence electrons. The summed E-state index contributed by atoms with van der Waals surface area (Å²) in [6, 6.07) is 5.02. The summed E-state index contributed by atoms with van der Waals surface area (Å²) in [4.78, 5) is 9.84. The van der Waals surface area contributed by atoms with Crippen LogP contribution < -0.4 is 4.90 Å². The van der Waals surface area contributed by atoms with Crippen molar-refractivity contribution in [2.45, 2.75) is 12.6 Å². The van der Waals surface area contributed by atoms with E-state index in [1.165, 1.54) is 23.4 Å². The normalized spacial score (nSPS) is 27.3. The van der Waals surface area contributed by atoms with Gasteiger partial charge in [-0.3, -0.25) is 14.5 Å². The molecule has 3 atom stereocenters. The van der Waals surface area contributed by atoms with Gasteiger partial charge in [-0.2, -0.15) is 26.9 Å². The lowest BCUT2D eigenvalue weighted by Crippen LogP contribution is -2.32. The zero-order valence-corrected chi connectivity index (χ0v) is 15.2. The van der Waals surface area contributed by atoms with Crippen LogP contribution in [0.2, 0.25) is 0 Å². The maximum Gasteiger partial charge on any atom is 0.394 e. The number of hydrogen-bond donors (Lipinski definition) is 1. The molecule has 7 nitrogen and oxygen atoms in total. The molecule has 11 heteroatoms. The highest BCUT2D eigenvalue weighted by Crippen LogP contribution is 2.65. The van der Waals surface area contributed by atoms with Crippen LogP contribution in [0.25, 0.3) is 11.0 Å². The minimum atomic E-state index is -4.50. The van der Waals surface area contributed by atoms with Gasteiger partial charge in [-0.25, -0.2) is 0 Å². The van der Waals surface area contributed by atoms with Crippen LogP contribution in [0.1, 0.15) is 12.0 Å². The third kappa shape index (κ3) is 3.06. The largest absolute Gasteiger partial charge is 0.394 e. The van der Waals surface area contributed by atoms with Gasteiger partial charge in [-0.05, 0) is 24.5 Å². The van der Waals surface area contributed by atoms with Crippen molar-refractivity contribution in [2.24, 2.45) is 17.3 Å². The average Bonchev–Trinajstić information content (AvgIpc) is 3.09. The Labute approximate surface area is 158 Å². The van der Waals surface area contributed by atoms with Gasteiger partial charge in [0.15, 0.2) is 0 Å². The Kier molecular flexibility index (Phi) is 4.06. The molecule has 1 saturated heterocycles. The molecule has 2 aromatic rings. The van der Waals surface area contributed by atoms with Crippen molar-refractivity contribution in [3.63, 3.8) is 0 Å². The zero-order chi connectivity index (χ0) is 20.3. The number of aromatic nitrogens is 2. The monoisotopic (exact) mass is 412 g/mol. The number of benzene rings is 1. The van der Waals surface area contributed by atoms with E-state index in [0.717, 1.165) is 0 Å². The molecule has 0 bridgehead atoms. The number of hydrogen-bond acceptors (Lipinski definition) is 6. The van der Waals surface area contributed by atoms with Crippen LogP contribution in [-0.2, 0) is 10.1 Å². The molecule has 28 heavy (non-hydrogen) atoms. The fourth-order valence-electron chi connectivity index (χ4n) is 4.43. The van der Waals surface area contributed by atoms with Gasteiger partial charge in [-0.15, -0.1) is 0 Å². The number of halogens is 3. The second-order valence-corrected chi connectivity index (χ2v) is 8.85. The van der Waals surface area contributed by atoms with Crippen molar-refractivity contribution in [1.29, 1.82) is 5.26 Å². The minimum Gasteiger partial charge on any atom is -0.368 e. The average molecular weight is 412 g/mol. The van der Waals surface area contributed by atoms with Crippen molar-refractivity contribution in [3.05, 3.63) is 30.1 Å². The predicted molar refractivity (Wildman–Crippen MR) is 93.0 cm³/mol. The Morgan fingerprint density at radius 3 is 2.57 bits per heavy atom. The van der Waals surface area contributed by atoms with Crippen LogP contribution in [-0.4, -0.2) is 48.0 Å². The number of nitrogens with zero attached hydrogens (tertiary/aromatic N) is 4. The van der Waals surface area contributed by atoms with E-state index in [1.54, 1.807) is 6.07 Å². The summed E-state index contributed by atoms with van der Waals surface area (Å²) in [5, 5.41) is 9.22. The van der Waals surface area contributed by atoms with E-state index in [2.05, 4.69) is 9.97 Å². The Morgan fingerprint density at radius 2 is 1.96 bits per heavy atom. The number of alkyl halides is 3. The highest BCUT2D eigenvalue weighted by Gasteiger charge is 2.70. The maximum atomic E-state index is 13.7. The van der Waals surface area contributed by atoms with Gasteiger partial charge in [0.2, 0.25) is 0 Å². The van der Waals surface area contributed by atoms with Gasteiger partial charge in [0.25, 0.3) is 10.1 Å². The zero-order valence-electron chi connectivity index (χ0n) is 14.4. The lowest BCUT2D eigenvalue weighted by Gasteiger charge is -2.21. The van der Waals surface area contributed by atoms with Crippen LogP contribution in [0.4, 0.5) is 18.9 Å². The molecule has 0 amide bonds. The summed E-state index contributed by atoms with van der Waals surface area (Å²) < 4.78 is 72.6. The number of fused-ring (bicyclic) bond motifs is 1. The molecule has 3 unspecified atom stereocenters. The summed E-state index contributed by atoms with van der Waals surface area (Å²) in [6.45, 7) is -0.349. The smallest absolute Gasteiger partial charge is 0.368 e. The van der Waals surface area contributed by atoms with Crippen LogP contribution >= 0.6 is 0 Å². The van der Waals surface area contributed by atoms with Gasteiger partial charge in [0, 0.05) is 30.9 Å². The van der Waals surface area contributed by atoms with Crippen molar-refractivity contribution < 1.29 is 26.1 Å². The SMILES string of the molecule is N#Cc1ccc(N2CC(C(F)(F)F)C3(CC3CS(=O)(=O)O)C2)c2nccnc12. The summed E-state index contributed by atoms with van der Waals surface area (Å²) >= 11 is 0. The standard InChI is InChI=1S/C17H15F3N4O3S/c18-17(19,20)13-7-24(9-16(13)5-11(16)8-28(25,26)27)12-2-1-10(6-21)14-15(12)23-4-3-22-14/h1-4,11,13H,5,7-9H2,(H,25,26,27). The highest BCUT2D eigenvalue weighted by molar-refractivity contribution is 7.85. The van der Waals surface area contributed by atoms with Gasteiger partial charge in [0.1, 0.15) is 17.1 Å². The third-order valence-corrected chi connectivity index (χ3v) is 6.56. The summed E-state index contributed by atoms with van der Waals surface area (Å²) in [6.07, 6.45) is -1.62. The first-order valence-electron chi connectivity index (χ1n) is 8.46. The molecule has 1 aliphatic heterocycles. The van der Waals surface area contributed by atoms with Crippen LogP contribution in [0, 0.1) is 28.6 Å². The summed E-state index contributed by atoms with van der Waals surface area (Å²) in [5.41, 5.74) is 0.0644. The van der Waals surface area contributed by atoms with Crippen LogP contribution in [0.5, 0.6) is 0 Å². The van der Waals surface area contributed by atoms with Crippen molar-refractivity contribution in [3.8, 4) is 6.07 Å². The second-order valence-electron chi connectivity index (χ2n) is 7.36. The van der Waals surface area contributed by atoms with E-state index < -0.39 is 39.3 Å². The third-order valence-electron chi connectivity index (χ3n) is 5.73. The molecule has 1 spiro atoms. The quantitative estimate of drug-likeness (QED) is 0.772. The fourth-order valence-corrected chi connectivity index (χ4v) is 5.39. The number of anilines is 1. The van der Waals surface area contributed by atoms with E-state index in [-0.39, 0.29) is 25.1 Å². The first-order chi connectivity index (χ1) is 13.0. The Bertz CT molecular complexity index is 1100. The van der Waals surface area contributed by atoms with E-state index in [1.807, 2.05) is 6.07 Å². The molecule has 4 rings (SSSR count). The number of rotatable bonds is 3. The lowest BCUT2D eigenvalue weighted by atomic mass is 9.90.